The van der Waals surface area contributed by atoms with Crippen molar-refractivity contribution < 1.29 is 24.3 Å². The molecule has 0 N–H and O–H groups in total. The summed E-state index contributed by atoms with van der Waals surface area (Å²) in [5, 5.41) is 0. The minimum atomic E-state index is -0.0803. The van der Waals surface area contributed by atoms with E-state index in [-0.39, 0.29) is 36.1 Å². The molecule has 0 heterocycles. The largest absolute Gasteiger partial charge is 0.289 e. The van der Waals surface area contributed by atoms with Crippen LogP contribution < -0.4 is 0 Å². The van der Waals surface area contributed by atoms with Gasteiger partial charge in [0.05, 0.1) is 0 Å². The molecule has 0 unspecified atom stereocenters. The van der Waals surface area contributed by atoms with Gasteiger partial charge in [-0.15, -0.1) is 26.3 Å². The number of carbonyl (C=O) groups is 1. The predicted molar refractivity (Wildman–Crippen MR) is 91.5 cm³/mol. The Morgan fingerprint density at radius 2 is 1.00 bits per heavy atom. The second-order valence-corrected chi connectivity index (χ2v) is 6.69. The molecular formula is C19H31ORh. The van der Waals surface area contributed by atoms with Crippen LogP contribution in [0, 0.1) is 16.7 Å². The van der Waals surface area contributed by atoms with Crippen LogP contribution in [0.1, 0.15) is 48.5 Å². The van der Waals surface area contributed by atoms with Crippen molar-refractivity contribution in [1.82, 2.24) is 0 Å². The van der Waals surface area contributed by atoms with E-state index < -0.39 is 0 Å². The Morgan fingerprint density at radius 1 is 0.762 bits per heavy atom. The van der Waals surface area contributed by atoms with Crippen LogP contribution in [0.2, 0.25) is 0 Å². The molecule has 0 aromatic rings. The molecule has 0 aliphatic heterocycles. The van der Waals surface area contributed by atoms with Crippen molar-refractivity contribution in [1.29, 1.82) is 0 Å². The third kappa shape index (κ3) is 7.72. The molecule has 21 heavy (non-hydrogen) atoms. The maximum Gasteiger partial charge on any atom is 0.185 e. The Bertz CT molecular complexity index is 353. The first kappa shape index (κ1) is 25.2. The molecule has 1 aliphatic carbocycles. The van der Waals surface area contributed by atoms with Gasteiger partial charge in [-0.2, -0.15) is 0 Å². The average Bonchev–Trinajstić information content (AvgIpc) is 2.34. The summed E-state index contributed by atoms with van der Waals surface area (Å²) in [7, 11) is 0. The zero-order chi connectivity index (χ0) is 16.7. The van der Waals surface area contributed by atoms with Gasteiger partial charge in [-0.05, 0) is 10.8 Å². The van der Waals surface area contributed by atoms with Crippen LogP contribution in [0.15, 0.2) is 49.6 Å². The quantitative estimate of drug-likeness (QED) is 0.390. The van der Waals surface area contributed by atoms with E-state index in [1.807, 2.05) is 12.2 Å². The first-order valence-electron chi connectivity index (χ1n) is 6.86. The van der Waals surface area contributed by atoms with Gasteiger partial charge in [-0.25, -0.2) is 0 Å². The van der Waals surface area contributed by atoms with Crippen LogP contribution in [-0.4, -0.2) is 5.78 Å². The van der Waals surface area contributed by atoms with E-state index in [1.165, 1.54) is 5.92 Å². The van der Waals surface area contributed by atoms with Gasteiger partial charge >= 0.3 is 0 Å². The topological polar surface area (TPSA) is 17.1 Å². The molecule has 0 saturated carbocycles. The van der Waals surface area contributed by atoms with Crippen LogP contribution in [0.3, 0.4) is 0 Å². The first-order chi connectivity index (χ1) is 9.03. The van der Waals surface area contributed by atoms with Crippen LogP contribution in [0.25, 0.3) is 0 Å². The van der Waals surface area contributed by atoms with E-state index in [9.17, 15) is 4.79 Å². The molecule has 2 radical (unpaired) electrons. The van der Waals surface area contributed by atoms with E-state index >= 15 is 0 Å². The minimum Gasteiger partial charge on any atom is -0.289 e. The SMILES string of the molecule is C=C.C=C.C[C]1C=C(C(C)(C)C)C(=O)C(C(C)(C)C)=C1.[Rh]. The van der Waals surface area contributed by atoms with Crippen LogP contribution >= 0.6 is 0 Å². The van der Waals surface area contributed by atoms with Crippen LogP contribution in [-0.2, 0) is 24.3 Å². The van der Waals surface area contributed by atoms with Crippen LogP contribution in [0.4, 0.5) is 0 Å². The molecule has 2 heteroatoms. The average molecular weight is 378 g/mol. The van der Waals surface area contributed by atoms with Gasteiger partial charge in [0.15, 0.2) is 5.78 Å². The maximum absolute atomic E-state index is 12.4. The fourth-order valence-corrected chi connectivity index (χ4v) is 1.89. The van der Waals surface area contributed by atoms with Gasteiger partial charge < -0.3 is 0 Å². The van der Waals surface area contributed by atoms with Crippen molar-refractivity contribution in [2.75, 3.05) is 0 Å². The van der Waals surface area contributed by atoms with Crippen molar-refractivity contribution in [3.63, 3.8) is 0 Å². The summed E-state index contributed by atoms with van der Waals surface area (Å²) in [6.45, 7) is 26.6. The molecule has 1 rings (SSSR count). The molecule has 122 valence electrons. The Morgan fingerprint density at radius 3 is 1.19 bits per heavy atom. The summed E-state index contributed by atoms with van der Waals surface area (Å²) in [5.74, 6) is 1.39. The van der Waals surface area contributed by atoms with Crippen molar-refractivity contribution >= 4 is 5.78 Å². The van der Waals surface area contributed by atoms with E-state index in [0.29, 0.717) is 0 Å². The monoisotopic (exact) mass is 378 g/mol. The number of rotatable bonds is 0. The number of Topliss-reactive ketones (excluding diaryl/α,β-unsaturated/α-hetero) is 1. The molecule has 0 aromatic carbocycles. The van der Waals surface area contributed by atoms with Crippen molar-refractivity contribution in [2.45, 2.75) is 48.5 Å². The number of ketones is 1. The summed E-state index contributed by atoms with van der Waals surface area (Å²) in [4.78, 5) is 12.4. The van der Waals surface area contributed by atoms with Crippen molar-refractivity contribution in [2.24, 2.45) is 10.8 Å². The Labute approximate surface area is 145 Å². The maximum atomic E-state index is 12.4. The van der Waals surface area contributed by atoms with Crippen LogP contribution in [0.5, 0.6) is 0 Å². The Hall–Kier alpha value is -0.747. The summed E-state index contributed by atoms with van der Waals surface area (Å²) in [6, 6.07) is 0. The summed E-state index contributed by atoms with van der Waals surface area (Å²) >= 11 is 0. The second kappa shape index (κ2) is 10.1. The first-order valence-corrected chi connectivity index (χ1v) is 6.86. The minimum absolute atomic E-state index is 0. The fraction of sp³-hybridized carbons (Fsp3) is 0.474. The molecular weight excluding hydrogens is 347 g/mol. The van der Waals surface area contributed by atoms with Crippen molar-refractivity contribution in [3.8, 4) is 0 Å². The van der Waals surface area contributed by atoms with E-state index in [1.54, 1.807) is 0 Å². The van der Waals surface area contributed by atoms with E-state index in [0.717, 1.165) is 11.1 Å². The fourth-order valence-electron chi connectivity index (χ4n) is 1.89. The molecule has 0 atom stereocenters. The number of hydrogen-bond acceptors (Lipinski definition) is 1. The zero-order valence-electron chi connectivity index (χ0n) is 14.7. The number of carbonyl (C=O) groups excluding carboxylic acids is 1. The van der Waals surface area contributed by atoms with Crippen molar-refractivity contribution in [3.05, 3.63) is 55.5 Å². The molecule has 0 bridgehead atoms. The molecule has 0 fully saturated rings. The van der Waals surface area contributed by atoms with E-state index in [4.69, 9.17) is 0 Å². The summed E-state index contributed by atoms with van der Waals surface area (Å²) in [5.41, 5.74) is 1.70. The van der Waals surface area contributed by atoms with Gasteiger partial charge in [0.1, 0.15) is 0 Å². The zero-order valence-corrected chi connectivity index (χ0v) is 16.4. The van der Waals surface area contributed by atoms with Gasteiger partial charge in [0.25, 0.3) is 0 Å². The summed E-state index contributed by atoms with van der Waals surface area (Å²) < 4.78 is 0. The second-order valence-electron chi connectivity index (χ2n) is 6.69. The Balaban J connectivity index is -0.000000595. The Kier molecular flexibility index (Phi) is 12.1. The predicted octanol–water partition coefficient (Wildman–Crippen LogP) is 5.71. The van der Waals surface area contributed by atoms with Gasteiger partial charge in [-0.1, -0.05) is 60.6 Å². The van der Waals surface area contributed by atoms with Gasteiger partial charge in [0.2, 0.25) is 0 Å². The normalized spacial score (nSPS) is 15.3. The molecule has 0 amide bonds. The third-order valence-corrected chi connectivity index (χ3v) is 2.85. The molecule has 0 saturated heterocycles. The summed E-state index contributed by atoms with van der Waals surface area (Å²) in [6.07, 6.45) is 4.05. The van der Waals surface area contributed by atoms with Gasteiger partial charge in [0, 0.05) is 36.5 Å². The number of hydrogen-bond donors (Lipinski definition) is 0. The number of allylic oxidation sites excluding steroid dienone is 4. The van der Waals surface area contributed by atoms with Gasteiger partial charge in [-0.3, -0.25) is 4.79 Å². The third-order valence-electron chi connectivity index (χ3n) is 2.85. The molecule has 1 aliphatic rings. The van der Waals surface area contributed by atoms with E-state index in [2.05, 4.69) is 74.8 Å². The molecule has 0 aromatic heterocycles. The standard InChI is InChI=1S/C15H23O.2C2H4.Rh/c1-10-8-11(14(2,3)4)13(16)12(9-10)15(5,6)7;2*1-2;/h8-9H,1-7H3;2*1-2H2;. The smallest absolute Gasteiger partial charge is 0.185 e. The molecule has 0 spiro atoms. The molecule has 1 nitrogen and oxygen atoms in total.